The molecule has 0 atom stereocenters. The maximum atomic E-state index is 5.82. The minimum absolute atomic E-state index is 0.675. The second-order valence-electron chi connectivity index (χ2n) is 2.23. The number of benzene rings is 1. The quantitative estimate of drug-likeness (QED) is 0.695. The van der Waals surface area contributed by atoms with Crippen molar-refractivity contribution in [1.29, 1.82) is 0 Å². The molecule has 0 saturated heterocycles. The average molecular weight is 203 g/mol. The van der Waals surface area contributed by atoms with Crippen molar-refractivity contribution in [1.82, 2.24) is 0 Å². The van der Waals surface area contributed by atoms with Gasteiger partial charge in [-0.2, -0.15) is 0 Å². The molecule has 12 heavy (non-hydrogen) atoms. The third kappa shape index (κ3) is 2.32. The summed E-state index contributed by atoms with van der Waals surface area (Å²) >= 11 is 7.48. The molecule has 0 bridgehead atoms. The maximum Gasteiger partial charge on any atom is 0.134 e. The first-order valence-electron chi connectivity index (χ1n) is 3.74. The van der Waals surface area contributed by atoms with Crippen LogP contribution in [0.2, 0.25) is 5.02 Å². The van der Waals surface area contributed by atoms with Gasteiger partial charge in [0.15, 0.2) is 0 Å². The topological polar surface area (TPSA) is 9.23 Å². The van der Waals surface area contributed by atoms with E-state index in [0.29, 0.717) is 6.61 Å². The predicted molar refractivity (Wildman–Crippen MR) is 54.4 cm³/mol. The molecule has 66 valence electrons. The highest BCUT2D eigenvalue weighted by molar-refractivity contribution is 7.98. The van der Waals surface area contributed by atoms with E-state index in [0.717, 1.165) is 15.7 Å². The fourth-order valence-corrected chi connectivity index (χ4v) is 1.60. The number of thioether (sulfide) groups is 1. The van der Waals surface area contributed by atoms with Gasteiger partial charge >= 0.3 is 0 Å². The van der Waals surface area contributed by atoms with Crippen molar-refractivity contribution < 1.29 is 4.74 Å². The second kappa shape index (κ2) is 4.63. The molecule has 0 spiro atoms. The number of hydrogen-bond donors (Lipinski definition) is 0. The Morgan fingerprint density at radius 2 is 2.25 bits per heavy atom. The van der Waals surface area contributed by atoms with Gasteiger partial charge in [0.2, 0.25) is 0 Å². The van der Waals surface area contributed by atoms with E-state index in [9.17, 15) is 0 Å². The molecule has 0 unspecified atom stereocenters. The van der Waals surface area contributed by atoms with Crippen molar-refractivity contribution in [3.63, 3.8) is 0 Å². The zero-order valence-corrected chi connectivity index (χ0v) is 8.71. The highest BCUT2D eigenvalue weighted by atomic mass is 35.5. The molecule has 3 heteroatoms. The van der Waals surface area contributed by atoms with Gasteiger partial charge in [-0.3, -0.25) is 0 Å². The summed E-state index contributed by atoms with van der Waals surface area (Å²) < 4.78 is 5.40. The molecule has 0 N–H and O–H groups in total. The molecule has 0 aliphatic carbocycles. The van der Waals surface area contributed by atoms with E-state index < -0.39 is 0 Å². The Kier molecular flexibility index (Phi) is 3.76. The largest absolute Gasteiger partial charge is 0.493 e. The van der Waals surface area contributed by atoms with Crippen LogP contribution in [0.15, 0.2) is 23.1 Å². The Bertz CT molecular complexity index is 263. The van der Waals surface area contributed by atoms with Crippen molar-refractivity contribution in [2.24, 2.45) is 0 Å². The van der Waals surface area contributed by atoms with Crippen molar-refractivity contribution in [3.05, 3.63) is 23.2 Å². The maximum absolute atomic E-state index is 5.82. The first-order chi connectivity index (χ1) is 5.77. The van der Waals surface area contributed by atoms with E-state index in [1.54, 1.807) is 11.8 Å². The summed E-state index contributed by atoms with van der Waals surface area (Å²) in [7, 11) is 0. The number of hydrogen-bond acceptors (Lipinski definition) is 2. The molecule has 0 saturated carbocycles. The summed E-state index contributed by atoms with van der Waals surface area (Å²) in [5.74, 6) is 0.873. The average Bonchev–Trinajstić information content (AvgIpc) is 2.05. The summed E-state index contributed by atoms with van der Waals surface area (Å²) in [5, 5.41) is 0.719. The Hall–Kier alpha value is -0.340. The van der Waals surface area contributed by atoms with Crippen LogP contribution < -0.4 is 4.74 Å². The van der Waals surface area contributed by atoms with E-state index >= 15 is 0 Å². The van der Waals surface area contributed by atoms with Crippen LogP contribution in [0.1, 0.15) is 6.92 Å². The van der Waals surface area contributed by atoms with Gasteiger partial charge in [0.1, 0.15) is 5.75 Å². The fraction of sp³-hybridized carbons (Fsp3) is 0.333. The fourth-order valence-electron chi connectivity index (χ4n) is 0.919. The molecule has 0 aromatic heterocycles. The van der Waals surface area contributed by atoms with Crippen LogP contribution in [0.5, 0.6) is 5.75 Å². The second-order valence-corrected chi connectivity index (χ2v) is 3.51. The lowest BCUT2D eigenvalue weighted by molar-refractivity contribution is 0.332. The summed E-state index contributed by atoms with van der Waals surface area (Å²) in [4.78, 5) is 1.13. The van der Waals surface area contributed by atoms with Crippen LogP contribution in [0, 0.1) is 0 Å². The van der Waals surface area contributed by atoms with Gasteiger partial charge < -0.3 is 4.74 Å². The summed E-state index contributed by atoms with van der Waals surface area (Å²) in [6.45, 7) is 2.64. The van der Waals surface area contributed by atoms with E-state index in [1.807, 2.05) is 31.4 Å². The van der Waals surface area contributed by atoms with Crippen molar-refractivity contribution in [2.75, 3.05) is 12.9 Å². The normalized spacial score (nSPS) is 9.92. The summed E-state index contributed by atoms with van der Waals surface area (Å²) in [6.07, 6.45) is 2.02. The number of halogens is 1. The van der Waals surface area contributed by atoms with Gasteiger partial charge in [0, 0.05) is 9.92 Å². The standard InChI is InChI=1S/C9H11ClOS/c1-3-11-8-6-7(10)4-5-9(8)12-2/h4-6H,3H2,1-2H3. The molecule has 0 heterocycles. The highest BCUT2D eigenvalue weighted by Crippen LogP contribution is 2.30. The van der Waals surface area contributed by atoms with E-state index in [-0.39, 0.29) is 0 Å². The first kappa shape index (κ1) is 9.75. The molecular formula is C9H11ClOS. The van der Waals surface area contributed by atoms with Crippen LogP contribution in [0.25, 0.3) is 0 Å². The third-order valence-electron chi connectivity index (χ3n) is 1.43. The molecule has 0 radical (unpaired) electrons. The van der Waals surface area contributed by atoms with Crippen molar-refractivity contribution >= 4 is 23.4 Å². The van der Waals surface area contributed by atoms with Gasteiger partial charge in [-0.1, -0.05) is 11.6 Å². The SMILES string of the molecule is CCOc1cc(Cl)ccc1SC. The van der Waals surface area contributed by atoms with Crippen LogP contribution in [-0.2, 0) is 0 Å². The molecule has 1 aromatic carbocycles. The van der Waals surface area contributed by atoms with E-state index in [4.69, 9.17) is 16.3 Å². The molecule has 0 aliphatic heterocycles. The summed E-state index contributed by atoms with van der Waals surface area (Å²) in [5.41, 5.74) is 0. The van der Waals surface area contributed by atoms with Gasteiger partial charge in [0.05, 0.1) is 6.61 Å². The van der Waals surface area contributed by atoms with Crippen molar-refractivity contribution in [2.45, 2.75) is 11.8 Å². The minimum Gasteiger partial charge on any atom is -0.493 e. The minimum atomic E-state index is 0.675. The summed E-state index contributed by atoms with van der Waals surface area (Å²) in [6, 6.07) is 5.69. The van der Waals surface area contributed by atoms with E-state index in [2.05, 4.69) is 0 Å². The van der Waals surface area contributed by atoms with Crippen LogP contribution >= 0.6 is 23.4 Å². The smallest absolute Gasteiger partial charge is 0.134 e. The molecule has 0 aliphatic rings. The van der Waals surface area contributed by atoms with E-state index in [1.165, 1.54) is 0 Å². The van der Waals surface area contributed by atoms with Gasteiger partial charge in [-0.05, 0) is 31.4 Å². The van der Waals surface area contributed by atoms with Gasteiger partial charge in [-0.25, -0.2) is 0 Å². The Morgan fingerprint density at radius 3 is 2.83 bits per heavy atom. The molecule has 1 aromatic rings. The Labute approximate surface area is 82.1 Å². The number of ether oxygens (including phenoxy) is 1. The molecular weight excluding hydrogens is 192 g/mol. The predicted octanol–water partition coefficient (Wildman–Crippen LogP) is 3.46. The van der Waals surface area contributed by atoms with Crippen LogP contribution in [0.4, 0.5) is 0 Å². The number of rotatable bonds is 3. The lowest BCUT2D eigenvalue weighted by Gasteiger charge is -2.07. The van der Waals surface area contributed by atoms with Crippen molar-refractivity contribution in [3.8, 4) is 5.75 Å². The van der Waals surface area contributed by atoms with Gasteiger partial charge in [0.25, 0.3) is 0 Å². The Morgan fingerprint density at radius 1 is 1.50 bits per heavy atom. The zero-order chi connectivity index (χ0) is 8.97. The highest BCUT2D eigenvalue weighted by Gasteiger charge is 2.01. The lowest BCUT2D eigenvalue weighted by atomic mass is 10.3. The first-order valence-corrected chi connectivity index (χ1v) is 5.34. The third-order valence-corrected chi connectivity index (χ3v) is 2.44. The van der Waals surface area contributed by atoms with Crippen LogP contribution in [0.3, 0.4) is 0 Å². The monoisotopic (exact) mass is 202 g/mol. The van der Waals surface area contributed by atoms with Crippen LogP contribution in [-0.4, -0.2) is 12.9 Å². The zero-order valence-electron chi connectivity index (χ0n) is 7.13. The molecule has 1 nitrogen and oxygen atoms in total. The molecule has 0 fully saturated rings. The Balaban J connectivity index is 2.95. The molecule has 1 rings (SSSR count). The molecule has 0 amide bonds. The lowest BCUT2D eigenvalue weighted by Crippen LogP contribution is -1.92. The van der Waals surface area contributed by atoms with Gasteiger partial charge in [-0.15, -0.1) is 11.8 Å².